The second-order valence-electron chi connectivity index (χ2n) is 7.39. The van der Waals surface area contributed by atoms with Gasteiger partial charge in [0.25, 0.3) is 0 Å². The molecule has 1 aromatic carbocycles. The van der Waals surface area contributed by atoms with Crippen molar-refractivity contribution < 1.29 is 0 Å². The maximum atomic E-state index is 4.67. The number of nitrogens with zero attached hydrogens (tertiary/aromatic N) is 3. The molecule has 3 nitrogen and oxygen atoms in total. The Balaban J connectivity index is 1.42. The second kappa shape index (κ2) is 6.48. The lowest BCUT2D eigenvalue weighted by Crippen LogP contribution is -2.36. The Morgan fingerprint density at radius 3 is 2.35 bits per heavy atom. The number of hydrogen-bond donors (Lipinski definition) is 0. The first-order chi connectivity index (χ1) is 11.3. The van der Waals surface area contributed by atoms with Gasteiger partial charge in [-0.2, -0.15) is 0 Å². The van der Waals surface area contributed by atoms with Crippen LogP contribution in [0.1, 0.15) is 31.4 Å². The number of rotatable bonds is 5. The van der Waals surface area contributed by atoms with Gasteiger partial charge < -0.3 is 9.47 Å². The molecule has 2 aliphatic rings. The van der Waals surface area contributed by atoms with Crippen molar-refractivity contribution in [2.24, 2.45) is 11.8 Å². The Morgan fingerprint density at radius 2 is 1.65 bits per heavy atom. The van der Waals surface area contributed by atoms with Crippen molar-refractivity contribution in [1.82, 2.24) is 14.5 Å². The summed E-state index contributed by atoms with van der Waals surface area (Å²) in [7, 11) is 0. The van der Waals surface area contributed by atoms with Gasteiger partial charge in [0.1, 0.15) is 5.82 Å². The molecule has 1 saturated carbocycles. The molecule has 0 radical (unpaired) electrons. The molecule has 1 aliphatic carbocycles. The van der Waals surface area contributed by atoms with Crippen molar-refractivity contribution in [3.63, 3.8) is 0 Å². The fourth-order valence-electron chi connectivity index (χ4n) is 3.78. The molecule has 1 saturated heterocycles. The molecule has 0 spiro atoms. The van der Waals surface area contributed by atoms with E-state index in [0.29, 0.717) is 0 Å². The molecule has 0 atom stereocenters. The molecular weight excluding hydrogens is 282 g/mol. The summed E-state index contributed by atoms with van der Waals surface area (Å²) in [6.45, 7) is 7.23. The van der Waals surface area contributed by atoms with Gasteiger partial charge in [-0.05, 0) is 57.5 Å². The maximum absolute atomic E-state index is 4.67. The molecule has 0 N–H and O–H groups in total. The first-order valence-electron chi connectivity index (χ1n) is 9.09. The van der Waals surface area contributed by atoms with Crippen LogP contribution in [0.3, 0.4) is 0 Å². The number of aromatic nitrogens is 2. The van der Waals surface area contributed by atoms with E-state index in [0.717, 1.165) is 24.2 Å². The van der Waals surface area contributed by atoms with E-state index in [-0.39, 0.29) is 0 Å². The summed E-state index contributed by atoms with van der Waals surface area (Å²) in [5.41, 5.74) is 2.51. The van der Waals surface area contributed by atoms with Gasteiger partial charge in [0, 0.05) is 30.5 Å². The van der Waals surface area contributed by atoms with Crippen molar-refractivity contribution in [3.8, 4) is 11.4 Å². The standard InChI is InChI=1S/C20H27N3/c1-16-13-21-20(19-5-3-2-4-6-19)23(16)15-18-9-11-22(12-10-18)14-17-7-8-17/h2-6,13,17-18H,7-12,14-15H2,1H3. The maximum Gasteiger partial charge on any atom is 0.140 e. The van der Waals surface area contributed by atoms with Crippen LogP contribution in [0.4, 0.5) is 0 Å². The predicted octanol–water partition coefficient (Wildman–Crippen LogP) is 3.98. The zero-order valence-corrected chi connectivity index (χ0v) is 14.1. The zero-order valence-electron chi connectivity index (χ0n) is 14.1. The minimum atomic E-state index is 0.792. The minimum absolute atomic E-state index is 0.792. The highest BCUT2D eigenvalue weighted by Crippen LogP contribution is 2.31. The zero-order chi connectivity index (χ0) is 15.6. The highest BCUT2D eigenvalue weighted by Gasteiger charge is 2.27. The van der Waals surface area contributed by atoms with E-state index in [1.165, 1.54) is 56.6 Å². The number of imidazole rings is 1. The van der Waals surface area contributed by atoms with Crippen LogP contribution in [0.15, 0.2) is 36.5 Å². The minimum Gasteiger partial charge on any atom is -0.328 e. The first kappa shape index (κ1) is 14.9. The van der Waals surface area contributed by atoms with Gasteiger partial charge in [-0.25, -0.2) is 4.98 Å². The van der Waals surface area contributed by atoms with Gasteiger partial charge in [-0.1, -0.05) is 30.3 Å². The van der Waals surface area contributed by atoms with E-state index in [1.54, 1.807) is 0 Å². The van der Waals surface area contributed by atoms with Crippen LogP contribution in [-0.4, -0.2) is 34.1 Å². The molecule has 0 bridgehead atoms. The van der Waals surface area contributed by atoms with Gasteiger partial charge in [0.2, 0.25) is 0 Å². The van der Waals surface area contributed by atoms with E-state index < -0.39 is 0 Å². The topological polar surface area (TPSA) is 21.1 Å². The monoisotopic (exact) mass is 309 g/mol. The molecule has 2 aromatic rings. The third-order valence-corrected chi connectivity index (χ3v) is 5.45. The van der Waals surface area contributed by atoms with Gasteiger partial charge in [0.05, 0.1) is 0 Å². The Labute approximate surface area is 139 Å². The van der Waals surface area contributed by atoms with E-state index in [9.17, 15) is 0 Å². The van der Waals surface area contributed by atoms with E-state index in [4.69, 9.17) is 0 Å². The van der Waals surface area contributed by atoms with Crippen LogP contribution < -0.4 is 0 Å². The van der Waals surface area contributed by atoms with Gasteiger partial charge in [-0.3, -0.25) is 0 Å². The first-order valence-corrected chi connectivity index (χ1v) is 9.09. The van der Waals surface area contributed by atoms with Crippen LogP contribution in [0.2, 0.25) is 0 Å². The molecule has 2 fully saturated rings. The van der Waals surface area contributed by atoms with Crippen LogP contribution in [0, 0.1) is 18.8 Å². The van der Waals surface area contributed by atoms with Gasteiger partial charge >= 0.3 is 0 Å². The summed E-state index contributed by atoms with van der Waals surface area (Å²) < 4.78 is 2.43. The molecule has 23 heavy (non-hydrogen) atoms. The third-order valence-electron chi connectivity index (χ3n) is 5.45. The van der Waals surface area contributed by atoms with Crippen molar-refractivity contribution in [2.45, 2.75) is 39.2 Å². The van der Waals surface area contributed by atoms with E-state index in [2.05, 4.69) is 51.7 Å². The SMILES string of the molecule is Cc1cnc(-c2ccccc2)n1CC1CCN(CC2CC2)CC1. The van der Waals surface area contributed by atoms with Crippen molar-refractivity contribution in [3.05, 3.63) is 42.2 Å². The summed E-state index contributed by atoms with van der Waals surface area (Å²) >= 11 is 0. The Bertz CT molecular complexity index is 634. The Kier molecular flexibility index (Phi) is 4.21. The van der Waals surface area contributed by atoms with Crippen LogP contribution in [-0.2, 0) is 6.54 Å². The molecule has 1 aromatic heterocycles. The third kappa shape index (κ3) is 3.50. The number of benzene rings is 1. The summed E-state index contributed by atoms with van der Waals surface area (Å²) in [5, 5.41) is 0. The second-order valence-corrected chi connectivity index (χ2v) is 7.39. The summed E-state index contributed by atoms with van der Waals surface area (Å²) in [5.74, 6) is 2.94. The highest BCUT2D eigenvalue weighted by molar-refractivity contribution is 5.55. The Hall–Kier alpha value is -1.61. The number of likely N-dealkylation sites (tertiary alicyclic amines) is 1. The number of piperidine rings is 1. The molecule has 1 aliphatic heterocycles. The van der Waals surface area contributed by atoms with Crippen LogP contribution in [0.25, 0.3) is 11.4 Å². The van der Waals surface area contributed by atoms with Gasteiger partial charge in [0.15, 0.2) is 0 Å². The average Bonchev–Trinajstić information content (AvgIpc) is 3.33. The molecule has 3 heteroatoms. The highest BCUT2D eigenvalue weighted by atomic mass is 15.1. The number of hydrogen-bond acceptors (Lipinski definition) is 2. The molecular formula is C20H27N3. The van der Waals surface area contributed by atoms with E-state index >= 15 is 0 Å². The Morgan fingerprint density at radius 1 is 0.957 bits per heavy atom. The number of aryl methyl sites for hydroxylation is 1. The molecule has 0 unspecified atom stereocenters. The molecule has 4 rings (SSSR count). The van der Waals surface area contributed by atoms with E-state index in [1.807, 2.05) is 6.20 Å². The van der Waals surface area contributed by atoms with Gasteiger partial charge in [-0.15, -0.1) is 0 Å². The molecule has 122 valence electrons. The van der Waals surface area contributed by atoms with Crippen LogP contribution >= 0.6 is 0 Å². The quantitative estimate of drug-likeness (QED) is 0.833. The van der Waals surface area contributed by atoms with Crippen molar-refractivity contribution in [1.29, 1.82) is 0 Å². The smallest absolute Gasteiger partial charge is 0.140 e. The van der Waals surface area contributed by atoms with Crippen molar-refractivity contribution in [2.75, 3.05) is 19.6 Å². The summed E-state index contributed by atoms with van der Waals surface area (Å²) in [6.07, 6.45) is 7.62. The summed E-state index contributed by atoms with van der Waals surface area (Å²) in [4.78, 5) is 7.35. The lowest BCUT2D eigenvalue weighted by atomic mass is 9.96. The fraction of sp³-hybridized carbons (Fsp3) is 0.550. The molecule has 0 amide bonds. The lowest BCUT2D eigenvalue weighted by molar-refractivity contribution is 0.168. The average molecular weight is 309 g/mol. The lowest BCUT2D eigenvalue weighted by Gasteiger charge is -2.32. The molecule has 2 heterocycles. The largest absolute Gasteiger partial charge is 0.328 e. The fourth-order valence-corrected chi connectivity index (χ4v) is 3.78. The van der Waals surface area contributed by atoms with Crippen molar-refractivity contribution >= 4 is 0 Å². The normalized spacial score (nSPS) is 20.0. The summed E-state index contributed by atoms with van der Waals surface area (Å²) in [6, 6.07) is 10.6. The van der Waals surface area contributed by atoms with Crippen LogP contribution in [0.5, 0.6) is 0 Å². The predicted molar refractivity (Wildman–Crippen MR) is 94.3 cm³/mol.